The first-order valence-corrected chi connectivity index (χ1v) is 7.31. The summed E-state index contributed by atoms with van der Waals surface area (Å²) >= 11 is 3.11. The summed E-state index contributed by atoms with van der Waals surface area (Å²) in [5, 5.41) is 2.93. The molecule has 21 heavy (non-hydrogen) atoms. The predicted octanol–water partition coefficient (Wildman–Crippen LogP) is 2.95. The fraction of sp³-hybridized carbons (Fsp3) is 0.308. The highest BCUT2D eigenvalue weighted by Gasteiger charge is 2.10. The number of nitrogens with one attached hydrogen (secondary N) is 1. The van der Waals surface area contributed by atoms with Crippen LogP contribution in [0.1, 0.15) is 13.8 Å². The maximum atomic E-state index is 13.5. The molecular formula is C13H16BrFN6. The fourth-order valence-corrected chi connectivity index (χ4v) is 2.03. The van der Waals surface area contributed by atoms with E-state index in [1.54, 1.807) is 12.1 Å². The van der Waals surface area contributed by atoms with Crippen molar-refractivity contribution in [1.29, 1.82) is 0 Å². The van der Waals surface area contributed by atoms with E-state index in [-0.39, 0.29) is 17.7 Å². The largest absolute Gasteiger partial charge is 0.368 e. The normalized spacial score (nSPS) is 10.5. The van der Waals surface area contributed by atoms with Gasteiger partial charge in [-0.3, -0.25) is 0 Å². The van der Waals surface area contributed by atoms with Gasteiger partial charge in [0, 0.05) is 18.8 Å². The Kier molecular flexibility index (Phi) is 4.89. The highest BCUT2D eigenvalue weighted by Crippen LogP contribution is 2.22. The van der Waals surface area contributed by atoms with Gasteiger partial charge in [0.2, 0.25) is 17.8 Å². The number of nitrogens with zero attached hydrogens (tertiary/aromatic N) is 4. The number of anilines is 4. The summed E-state index contributed by atoms with van der Waals surface area (Å²) in [4.78, 5) is 14.4. The molecule has 0 saturated carbocycles. The summed E-state index contributed by atoms with van der Waals surface area (Å²) in [5.74, 6) is 0.525. The number of rotatable bonds is 5. The van der Waals surface area contributed by atoms with E-state index in [0.717, 1.165) is 13.1 Å². The zero-order chi connectivity index (χ0) is 15.4. The first-order chi connectivity index (χ1) is 10.0. The molecule has 0 aliphatic rings. The first-order valence-electron chi connectivity index (χ1n) is 6.52. The van der Waals surface area contributed by atoms with E-state index < -0.39 is 0 Å². The van der Waals surface area contributed by atoms with E-state index in [1.807, 2.05) is 18.7 Å². The van der Waals surface area contributed by atoms with Gasteiger partial charge in [-0.2, -0.15) is 15.0 Å². The van der Waals surface area contributed by atoms with Crippen molar-refractivity contribution in [2.75, 3.05) is 29.0 Å². The zero-order valence-electron chi connectivity index (χ0n) is 11.8. The number of aromatic nitrogens is 3. The minimum atomic E-state index is -0.369. The summed E-state index contributed by atoms with van der Waals surface area (Å²) < 4.78 is 13.9. The molecule has 0 spiro atoms. The molecule has 0 fully saturated rings. The average molecular weight is 355 g/mol. The van der Waals surface area contributed by atoms with Crippen LogP contribution in [-0.4, -0.2) is 28.0 Å². The lowest BCUT2D eigenvalue weighted by Gasteiger charge is -2.19. The van der Waals surface area contributed by atoms with Crippen molar-refractivity contribution in [3.8, 4) is 0 Å². The Labute approximate surface area is 130 Å². The van der Waals surface area contributed by atoms with Crippen LogP contribution in [0, 0.1) is 5.82 Å². The number of nitrogen functional groups attached to an aromatic ring is 1. The lowest BCUT2D eigenvalue weighted by atomic mass is 10.3. The van der Waals surface area contributed by atoms with Gasteiger partial charge in [-0.25, -0.2) is 4.39 Å². The van der Waals surface area contributed by atoms with Crippen LogP contribution in [0.3, 0.4) is 0 Å². The zero-order valence-corrected chi connectivity index (χ0v) is 13.4. The van der Waals surface area contributed by atoms with Gasteiger partial charge < -0.3 is 16.0 Å². The van der Waals surface area contributed by atoms with Crippen molar-refractivity contribution >= 4 is 39.5 Å². The highest BCUT2D eigenvalue weighted by atomic mass is 79.9. The summed E-state index contributed by atoms with van der Waals surface area (Å²) in [6, 6.07) is 4.67. The first kappa shape index (κ1) is 15.4. The van der Waals surface area contributed by atoms with Crippen LogP contribution < -0.4 is 16.0 Å². The lowest BCUT2D eigenvalue weighted by molar-refractivity contribution is 0.622. The van der Waals surface area contributed by atoms with Crippen molar-refractivity contribution in [2.45, 2.75) is 13.8 Å². The van der Waals surface area contributed by atoms with E-state index in [2.05, 4.69) is 36.2 Å². The van der Waals surface area contributed by atoms with Crippen molar-refractivity contribution in [2.24, 2.45) is 0 Å². The molecule has 1 aromatic heterocycles. The Morgan fingerprint density at radius 2 is 1.95 bits per heavy atom. The van der Waals surface area contributed by atoms with Crippen LogP contribution in [0.25, 0.3) is 0 Å². The molecule has 3 N–H and O–H groups in total. The molecule has 0 radical (unpaired) electrons. The van der Waals surface area contributed by atoms with Crippen LogP contribution in [0.2, 0.25) is 0 Å². The predicted molar refractivity (Wildman–Crippen MR) is 85.2 cm³/mol. The highest BCUT2D eigenvalue weighted by molar-refractivity contribution is 9.10. The molecule has 2 aromatic rings. The second-order valence-corrected chi connectivity index (χ2v) is 5.10. The van der Waals surface area contributed by atoms with Gasteiger partial charge in [0.15, 0.2) is 0 Å². The van der Waals surface area contributed by atoms with E-state index in [1.165, 1.54) is 6.07 Å². The SMILES string of the molecule is CCN(CC)c1nc(N)nc(Nc2ccc(Br)c(F)c2)n1. The molecular weight excluding hydrogens is 339 g/mol. The third kappa shape index (κ3) is 3.78. The van der Waals surface area contributed by atoms with Crippen LogP contribution in [0.4, 0.5) is 27.9 Å². The van der Waals surface area contributed by atoms with Crippen molar-refractivity contribution in [3.63, 3.8) is 0 Å². The van der Waals surface area contributed by atoms with Gasteiger partial charge in [-0.05, 0) is 48.0 Å². The lowest BCUT2D eigenvalue weighted by Crippen LogP contribution is -2.25. The van der Waals surface area contributed by atoms with Crippen LogP contribution in [0.5, 0.6) is 0 Å². The molecule has 0 aliphatic heterocycles. The van der Waals surface area contributed by atoms with Gasteiger partial charge in [0.25, 0.3) is 0 Å². The molecule has 0 bridgehead atoms. The Bertz CT molecular complexity index is 632. The van der Waals surface area contributed by atoms with Gasteiger partial charge in [-0.1, -0.05) is 0 Å². The third-order valence-electron chi connectivity index (χ3n) is 2.86. The minimum Gasteiger partial charge on any atom is -0.368 e. The quantitative estimate of drug-likeness (QED) is 0.859. The monoisotopic (exact) mass is 354 g/mol. The molecule has 1 heterocycles. The number of halogens is 2. The molecule has 0 atom stereocenters. The second kappa shape index (κ2) is 6.66. The fourth-order valence-electron chi connectivity index (χ4n) is 1.79. The molecule has 112 valence electrons. The topological polar surface area (TPSA) is 80.0 Å². The molecule has 1 aromatic carbocycles. The maximum absolute atomic E-state index is 13.5. The van der Waals surface area contributed by atoms with Gasteiger partial charge in [-0.15, -0.1) is 0 Å². The van der Waals surface area contributed by atoms with E-state index in [9.17, 15) is 4.39 Å². The Balaban J connectivity index is 2.29. The van der Waals surface area contributed by atoms with Crippen molar-refractivity contribution in [3.05, 3.63) is 28.5 Å². The van der Waals surface area contributed by atoms with Gasteiger partial charge >= 0.3 is 0 Å². The molecule has 2 rings (SSSR count). The van der Waals surface area contributed by atoms with E-state index >= 15 is 0 Å². The van der Waals surface area contributed by atoms with E-state index in [4.69, 9.17) is 5.73 Å². The van der Waals surface area contributed by atoms with Gasteiger partial charge in [0.1, 0.15) is 5.82 Å². The summed E-state index contributed by atoms with van der Waals surface area (Å²) in [7, 11) is 0. The summed E-state index contributed by atoms with van der Waals surface area (Å²) in [6.45, 7) is 5.51. The standard InChI is InChI=1S/C13H16BrFN6/c1-3-21(4-2)13-19-11(16)18-12(20-13)17-8-5-6-9(14)10(15)7-8/h5-7H,3-4H2,1-2H3,(H3,16,17,18,19,20). The maximum Gasteiger partial charge on any atom is 0.233 e. The molecule has 6 nitrogen and oxygen atoms in total. The van der Waals surface area contributed by atoms with Crippen LogP contribution in [0.15, 0.2) is 22.7 Å². The van der Waals surface area contributed by atoms with Gasteiger partial charge in [0.05, 0.1) is 4.47 Å². The third-order valence-corrected chi connectivity index (χ3v) is 3.51. The summed E-state index contributed by atoms with van der Waals surface area (Å²) in [6.07, 6.45) is 0. The minimum absolute atomic E-state index is 0.118. The number of benzene rings is 1. The summed E-state index contributed by atoms with van der Waals surface area (Å²) in [5.41, 5.74) is 6.24. The van der Waals surface area contributed by atoms with Crippen molar-refractivity contribution < 1.29 is 4.39 Å². The molecule has 0 unspecified atom stereocenters. The number of hydrogen-bond donors (Lipinski definition) is 2. The Morgan fingerprint density at radius 3 is 2.57 bits per heavy atom. The molecule has 0 amide bonds. The molecule has 8 heteroatoms. The number of nitrogens with two attached hydrogens (primary N) is 1. The molecule has 0 aliphatic carbocycles. The average Bonchev–Trinajstić information content (AvgIpc) is 2.44. The smallest absolute Gasteiger partial charge is 0.233 e. The molecule has 0 saturated heterocycles. The number of hydrogen-bond acceptors (Lipinski definition) is 6. The van der Waals surface area contributed by atoms with Crippen LogP contribution >= 0.6 is 15.9 Å². The Morgan fingerprint density at radius 1 is 1.24 bits per heavy atom. The van der Waals surface area contributed by atoms with Crippen molar-refractivity contribution in [1.82, 2.24) is 15.0 Å². The Hall–Kier alpha value is -1.96. The van der Waals surface area contributed by atoms with Crippen LogP contribution in [-0.2, 0) is 0 Å². The second-order valence-electron chi connectivity index (χ2n) is 4.24. The van der Waals surface area contributed by atoms with E-state index in [0.29, 0.717) is 16.1 Å².